The molecule has 0 saturated carbocycles. The summed E-state index contributed by atoms with van der Waals surface area (Å²) in [6.07, 6.45) is -9.41. The number of halogens is 6. The monoisotopic (exact) mass is 467 g/mol. The van der Waals surface area contributed by atoms with Gasteiger partial charge in [-0.1, -0.05) is 18.2 Å². The third-order valence-electron chi connectivity index (χ3n) is 4.84. The van der Waals surface area contributed by atoms with Crippen molar-refractivity contribution in [3.8, 4) is 11.1 Å². The number of amides is 1. The predicted octanol–water partition coefficient (Wildman–Crippen LogP) is 6.65. The number of carbonyl (C=O) groups excluding carboxylic acids is 1. The molecule has 3 aromatic rings. The lowest BCUT2D eigenvalue weighted by Crippen LogP contribution is -2.15. The third-order valence-corrected chi connectivity index (χ3v) is 4.84. The van der Waals surface area contributed by atoms with Gasteiger partial charge in [0.1, 0.15) is 0 Å². The molecule has 0 saturated heterocycles. The van der Waals surface area contributed by atoms with Gasteiger partial charge in [-0.05, 0) is 60.5 Å². The molecular formula is C23H15F6NO3. The Morgan fingerprint density at radius 2 is 1.42 bits per heavy atom. The number of hydrogen-bond donors (Lipinski definition) is 2. The molecule has 33 heavy (non-hydrogen) atoms. The lowest BCUT2D eigenvalue weighted by atomic mass is 9.92. The van der Waals surface area contributed by atoms with Gasteiger partial charge in [-0.2, -0.15) is 26.3 Å². The van der Waals surface area contributed by atoms with Crippen molar-refractivity contribution in [2.45, 2.75) is 19.3 Å². The van der Waals surface area contributed by atoms with E-state index < -0.39 is 40.9 Å². The third kappa shape index (κ3) is 5.16. The summed E-state index contributed by atoms with van der Waals surface area (Å²) in [5.74, 6) is -2.27. The summed E-state index contributed by atoms with van der Waals surface area (Å²) in [6.45, 7) is 1.24. The highest BCUT2D eigenvalue weighted by atomic mass is 19.4. The second-order valence-electron chi connectivity index (χ2n) is 7.09. The second kappa shape index (κ2) is 8.61. The van der Waals surface area contributed by atoms with Gasteiger partial charge in [-0.15, -0.1) is 0 Å². The van der Waals surface area contributed by atoms with E-state index >= 15 is 0 Å². The van der Waals surface area contributed by atoms with E-state index in [1.54, 1.807) is 0 Å². The second-order valence-corrected chi connectivity index (χ2v) is 7.09. The van der Waals surface area contributed by atoms with Gasteiger partial charge in [0.15, 0.2) is 0 Å². The van der Waals surface area contributed by atoms with Gasteiger partial charge in [0.05, 0.1) is 16.7 Å². The largest absolute Gasteiger partial charge is 0.478 e. The molecule has 1 amide bonds. The van der Waals surface area contributed by atoms with E-state index in [1.165, 1.54) is 31.2 Å². The van der Waals surface area contributed by atoms with Crippen molar-refractivity contribution in [1.82, 2.24) is 0 Å². The van der Waals surface area contributed by atoms with Gasteiger partial charge in [0.2, 0.25) is 0 Å². The van der Waals surface area contributed by atoms with Crippen molar-refractivity contribution in [2.75, 3.05) is 5.32 Å². The number of nitrogens with one attached hydrogen (secondary N) is 1. The van der Waals surface area contributed by atoms with Crippen molar-refractivity contribution in [2.24, 2.45) is 0 Å². The van der Waals surface area contributed by atoms with Crippen molar-refractivity contribution in [3.05, 3.63) is 88.5 Å². The molecule has 3 aromatic carbocycles. The van der Waals surface area contributed by atoms with Crippen LogP contribution in [0.2, 0.25) is 0 Å². The number of carboxylic acid groups (broad SMARTS) is 1. The molecule has 4 nitrogen and oxygen atoms in total. The van der Waals surface area contributed by atoms with E-state index in [-0.39, 0.29) is 27.9 Å². The van der Waals surface area contributed by atoms with Crippen LogP contribution in [-0.4, -0.2) is 17.0 Å². The molecule has 0 heterocycles. The molecule has 0 aliphatic rings. The van der Waals surface area contributed by atoms with Crippen molar-refractivity contribution < 1.29 is 41.0 Å². The number of aromatic carboxylic acids is 1. The summed E-state index contributed by atoms with van der Waals surface area (Å²) in [5, 5.41) is 11.7. The lowest BCUT2D eigenvalue weighted by Gasteiger charge is -2.18. The van der Waals surface area contributed by atoms with Crippen molar-refractivity contribution in [1.29, 1.82) is 0 Å². The maximum Gasteiger partial charge on any atom is 0.417 e. The lowest BCUT2D eigenvalue weighted by molar-refractivity contribution is -0.138. The predicted molar refractivity (Wildman–Crippen MR) is 108 cm³/mol. The van der Waals surface area contributed by atoms with E-state index in [4.69, 9.17) is 0 Å². The Morgan fingerprint density at radius 3 is 1.97 bits per heavy atom. The minimum atomic E-state index is -4.82. The minimum Gasteiger partial charge on any atom is -0.478 e. The number of aryl methyl sites for hydroxylation is 1. The first-order valence-corrected chi connectivity index (χ1v) is 9.32. The van der Waals surface area contributed by atoms with E-state index in [1.807, 2.05) is 0 Å². The van der Waals surface area contributed by atoms with E-state index in [2.05, 4.69) is 5.32 Å². The van der Waals surface area contributed by atoms with Crippen LogP contribution in [0.3, 0.4) is 0 Å². The number of alkyl halides is 6. The Labute approximate surface area is 183 Å². The van der Waals surface area contributed by atoms with Gasteiger partial charge < -0.3 is 10.4 Å². The maximum atomic E-state index is 13.7. The summed E-state index contributed by atoms with van der Waals surface area (Å²) in [7, 11) is 0. The highest BCUT2D eigenvalue weighted by Crippen LogP contribution is 2.41. The van der Waals surface area contributed by atoms with Crippen LogP contribution in [0, 0.1) is 6.92 Å². The fourth-order valence-corrected chi connectivity index (χ4v) is 3.23. The molecule has 172 valence electrons. The zero-order valence-electron chi connectivity index (χ0n) is 16.8. The smallest absolute Gasteiger partial charge is 0.417 e. The number of carboxylic acids is 1. The van der Waals surface area contributed by atoms with E-state index in [0.29, 0.717) is 18.2 Å². The molecule has 10 heteroatoms. The van der Waals surface area contributed by atoms with Gasteiger partial charge in [0.25, 0.3) is 5.91 Å². The molecule has 0 radical (unpaired) electrons. The van der Waals surface area contributed by atoms with Crippen molar-refractivity contribution >= 4 is 17.6 Å². The highest BCUT2D eigenvalue weighted by Gasteiger charge is 2.35. The standard InChI is InChI=1S/C23H15F6NO3/c1-12-10-18(23(27,28)29)17(11-16(12)21(32)33)15-4-2-3-5-19(15)30-20(31)13-6-8-14(9-7-13)22(24,25)26/h2-11H,1H3,(H,30,31)(H,32,33). The molecule has 0 spiro atoms. The van der Waals surface area contributed by atoms with Crippen LogP contribution >= 0.6 is 0 Å². The van der Waals surface area contributed by atoms with Crippen LogP contribution in [0.4, 0.5) is 32.0 Å². The molecule has 0 fully saturated rings. The summed E-state index contributed by atoms with van der Waals surface area (Å²) >= 11 is 0. The summed E-state index contributed by atoms with van der Waals surface area (Å²) in [4.78, 5) is 24.0. The Bertz CT molecular complexity index is 1210. The molecular weight excluding hydrogens is 452 g/mol. The number of para-hydroxylation sites is 1. The van der Waals surface area contributed by atoms with Gasteiger partial charge in [0, 0.05) is 16.8 Å². The van der Waals surface area contributed by atoms with Crippen molar-refractivity contribution in [3.63, 3.8) is 0 Å². The molecule has 0 bridgehead atoms. The number of rotatable bonds is 4. The fourth-order valence-electron chi connectivity index (χ4n) is 3.23. The molecule has 0 aliphatic carbocycles. The molecule has 0 unspecified atom stereocenters. The van der Waals surface area contributed by atoms with Crippen LogP contribution in [-0.2, 0) is 12.4 Å². The van der Waals surface area contributed by atoms with Crippen LogP contribution in [0.25, 0.3) is 11.1 Å². The van der Waals surface area contributed by atoms with Gasteiger partial charge >= 0.3 is 18.3 Å². The average Bonchev–Trinajstić information content (AvgIpc) is 2.72. The normalized spacial score (nSPS) is 11.8. The summed E-state index contributed by atoms with van der Waals surface area (Å²) in [5.41, 5.74) is -3.29. The summed E-state index contributed by atoms with van der Waals surface area (Å²) < 4.78 is 79.3. The quantitative estimate of drug-likeness (QED) is 0.422. The van der Waals surface area contributed by atoms with Gasteiger partial charge in [-0.3, -0.25) is 4.79 Å². The number of anilines is 1. The first-order valence-electron chi connectivity index (χ1n) is 9.32. The Balaban J connectivity index is 2.06. The van der Waals surface area contributed by atoms with E-state index in [9.17, 15) is 41.0 Å². The highest BCUT2D eigenvalue weighted by molar-refractivity contribution is 6.06. The maximum absolute atomic E-state index is 13.7. The van der Waals surface area contributed by atoms with Crippen LogP contribution in [0.15, 0.2) is 60.7 Å². The topological polar surface area (TPSA) is 66.4 Å². The Hall–Kier alpha value is -3.82. The minimum absolute atomic E-state index is 0.0758. The van der Waals surface area contributed by atoms with Crippen LogP contribution in [0.5, 0.6) is 0 Å². The number of hydrogen-bond acceptors (Lipinski definition) is 2. The molecule has 0 aromatic heterocycles. The fraction of sp³-hybridized carbons (Fsp3) is 0.130. The molecule has 0 atom stereocenters. The van der Waals surface area contributed by atoms with Crippen LogP contribution < -0.4 is 5.32 Å². The first-order chi connectivity index (χ1) is 15.3. The molecule has 0 aliphatic heterocycles. The Morgan fingerprint density at radius 1 is 0.818 bits per heavy atom. The number of carbonyl (C=O) groups is 2. The van der Waals surface area contributed by atoms with Gasteiger partial charge in [-0.25, -0.2) is 4.79 Å². The first kappa shape index (κ1) is 23.8. The summed E-state index contributed by atoms with van der Waals surface area (Å²) in [6, 6.07) is 10.3. The van der Waals surface area contributed by atoms with E-state index in [0.717, 1.165) is 18.2 Å². The van der Waals surface area contributed by atoms with Crippen LogP contribution in [0.1, 0.15) is 37.4 Å². The number of benzene rings is 3. The SMILES string of the molecule is Cc1cc(C(F)(F)F)c(-c2ccccc2NC(=O)c2ccc(C(F)(F)F)cc2)cc1C(=O)O. The zero-order chi connectivity index (χ0) is 24.6. The zero-order valence-corrected chi connectivity index (χ0v) is 16.8. The molecule has 3 rings (SSSR count). The molecule has 2 N–H and O–H groups in total. The Kier molecular flexibility index (Phi) is 6.22. The average molecular weight is 467 g/mol.